The Morgan fingerprint density at radius 2 is 1.77 bits per heavy atom. The number of piperidine rings is 1. The van der Waals surface area contributed by atoms with E-state index >= 15 is 0 Å². The molecule has 0 bridgehead atoms. The number of nitrogens with zero attached hydrogens (tertiary/aromatic N) is 2. The molecular formula is C19H26N2O5. The maximum absolute atomic E-state index is 12.4. The lowest BCUT2D eigenvalue weighted by Crippen LogP contribution is -2.48. The van der Waals surface area contributed by atoms with Crippen molar-refractivity contribution in [2.45, 2.75) is 18.4 Å². The molecule has 7 nitrogen and oxygen atoms in total. The number of likely N-dealkylation sites (N-methyl/N-ethyl adjacent to an activating group) is 1. The van der Waals surface area contributed by atoms with Crippen LogP contribution < -0.4 is 9.47 Å². The molecule has 1 aromatic rings. The molecule has 1 aliphatic heterocycles. The van der Waals surface area contributed by atoms with E-state index in [1.807, 2.05) is 0 Å². The van der Waals surface area contributed by atoms with Gasteiger partial charge in [0.25, 0.3) is 0 Å². The fourth-order valence-corrected chi connectivity index (χ4v) is 3.03. The van der Waals surface area contributed by atoms with Crippen LogP contribution in [0.2, 0.25) is 0 Å². The Kier molecular flexibility index (Phi) is 6.26. The van der Waals surface area contributed by atoms with Crippen molar-refractivity contribution in [3.05, 3.63) is 36.4 Å². The van der Waals surface area contributed by atoms with Crippen molar-refractivity contribution in [2.75, 3.05) is 40.9 Å². The van der Waals surface area contributed by atoms with Gasteiger partial charge in [0.1, 0.15) is 11.5 Å². The van der Waals surface area contributed by atoms with Gasteiger partial charge in [-0.05, 0) is 36.6 Å². The molecule has 1 heterocycles. The van der Waals surface area contributed by atoms with Crippen LogP contribution in [-0.4, -0.2) is 67.6 Å². The van der Waals surface area contributed by atoms with E-state index in [2.05, 4.69) is 6.58 Å². The van der Waals surface area contributed by atoms with E-state index in [-0.39, 0.29) is 18.4 Å². The highest BCUT2D eigenvalue weighted by Gasteiger charge is 2.36. The summed E-state index contributed by atoms with van der Waals surface area (Å²) >= 11 is 0. The lowest BCUT2D eigenvalue weighted by atomic mass is 9.84. The van der Waals surface area contributed by atoms with Gasteiger partial charge in [0.2, 0.25) is 11.8 Å². The Morgan fingerprint density at radius 3 is 2.23 bits per heavy atom. The highest BCUT2D eigenvalue weighted by molar-refractivity contribution is 5.90. The summed E-state index contributed by atoms with van der Waals surface area (Å²) in [6.07, 6.45) is 1.97. The minimum absolute atomic E-state index is 0.00371. The molecule has 0 aromatic heterocycles. The zero-order valence-electron chi connectivity index (χ0n) is 15.5. The third-order valence-corrected chi connectivity index (χ3v) is 4.76. The van der Waals surface area contributed by atoms with E-state index in [9.17, 15) is 14.7 Å². The second-order valence-electron chi connectivity index (χ2n) is 6.41. The summed E-state index contributed by atoms with van der Waals surface area (Å²) in [5, 5.41) is 11.1. The van der Waals surface area contributed by atoms with E-state index in [4.69, 9.17) is 9.47 Å². The van der Waals surface area contributed by atoms with Gasteiger partial charge < -0.3 is 24.4 Å². The zero-order valence-corrected chi connectivity index (χ0v) is 15.5. The monoisotopic (exact) mass is 362 g/mol. The molecule has 2 amide bonds. The summed E-state index contributed by atoms with van der Waals surface area (Å²) in [5.41, 5.74) is -0.346. The first-order chi connectivity index (χ1) is 12.3. The third-order valence-electron chi connectivity index (χ3n) is 4.76. The normalized spacial score (nSPS) is 15.9. The minimum Gasteiger partial charge on any atom is -0.497 e. The molecule has 2 rings (SSSR count). The summed E-state index contributed by atoms with van der Waals surface area (Å²) in [5.74, 6) is 0.773. The van der Waals surface area contributed by atoms with Crippen molar-refractivity contribution < 1.29 is 24.2 Å². The first kappa shape index (κ1) is 19.8. The summed E-state index contributed by atoms with van der Waals surface area (Å²) in [4.78, 5) is 26.9. The maximum Gasteiger partial charge on any atom is 0.246 e. The van der Waals surface area contributed by atoms with E-state index in [0.29, 0.717) is 43.0 Å². The van der Waals surface area contributed by atoms with Gasteiger partial charge >= 0.3 is 0 Å². The fraction of sp³-hybridized carbons (Fsp3) is 0.474. The van der Waals surface area contributed by atoms with Crippen LogP contribution in [0.15, 0.2) is 30.9 Å². The number of hydrogen-bond acceptors (Lipinski definition) is 5. The Labute approximate surface area is 153 Å². The number of ether oxygens (including phenoxy) is 2. The topological polar surface area (TPSA) is 79.3 Å². The van der Waals surface area contributed by atoms with Gasteiger partial charge in [-0.3, -0.25) is 9.59 Å². The lowest BCUT2D eigenvalue weighted by molar-refractivity contribution is -0.140. The SMILES string of the molecule is C=CC(=O)N(C)CC(=O)N1CCC(O)(c2cc(OC)cc(OC)c2)CC1. The average Bonchev–Trinajstić information content (AvgIpc) is 2.67. The van der Waals surface area contributed by atoms with Crippen LogP contribution in [0.4, 0.5) is 0 Å². The molecule has 0 atom stereocenters. The van der Waals surface area contributed by atoms with Crippen LogP contribution in [0, 0.1) is 0 Å². The highest BCUT2D eigenvalue weighted by Crippen LogP contribution is 2.36. The number of hydrogen-bond donors (Lipinski definition) is 1. The number of methoxy groups -OCH3 is 2. The standard InChI is InChI=1S/C19H26N2O5/c1-5-17(22)20(2)13-18(23)21-8-6-19(24,7-9-21)14-10-15(25-3)12-16(11-14)26-4/h5,10-12,24H,1,6-9,13H2,2-4H3. The molecule has 0 aliphatic carbocycles. The van der Waals surface area contributed by atoms with Gasteiger partial charge in [0, 0.05) is 26.2 Å². The largest absolute Gasteiger partial charge is 0.497 e. The summed E-state index contributed by atoms with van der Waals surface area (Å²) in [6.45, 7) is 4.22. The molecule has 0 unspecified atom stereocenters. The Balaban J connectivity index is 2.05. The van der Waals surface area contributed by atoms with Crippen LogP contribution in [0.25, 0.3) is 0 Å². The van der Waals surface area contributed by atoms with Gasteiger partial charge in [0.15, 0.2) is 0 Å². The highest BCUT2D eigenvalue weighted by atomic mass is 16.5. The number of carbonyl (C=O) groups excluding carboxylic acids is 2. The van der Waals surface area contributed by atoms with E-state index in [1.165, 1.54) is 11.0 Å². The molecule has 142 valence electrons. The first-order valence-electron chi connectivity index (χ1n) is 8.44. The van der Waals surface area contributed by atoms with Crippen LogP contribution >= 0.6 is 0 Å². The Bertz CT molecular complexity index is 658. The maximum atomic E-state index is 12.4. The summed E-state index contributed by atoms with van der Waals surface area (Å²) < 4.78 is 10.5. The predicted octanol–water partition coefficient (Wildman–Crippen LogP) is 1.16. The molecule has 1 saturated heterocycles. The summed E-state index contributed by atoms with van der Waals surface area (Å²) in [7, 11) is 4.68. The molecule has 0 radical (unpaired) electrons. The van der Waals surface area contributed by atoms with Crippen LogP contribution in [0.5, 0.6) is 11.5 Å². The third kappa shape index (κ3) is 4.35. The van der Waals surface area contributed by atoms with Crippen molar-refractivity contribution in [1.82, 2.24) is 9.80 Å². The number of likely N-dealkylation sites (tertiary alicyclic amines) is 1. The second-order valence-corrected chi connectivity index (χ2v) is 6.41. The molecule has 7 heteroatoms. The smallest absolute Gasteiger partial charge is 0.246 e. The number of aliphatic hydroxyl groups is 1. The van der Waals surface area contributed by atoms with Gasteiger partial charge in [-0.2, -0.15) is 0 Å². The zero-order chi connectivity index (χ0) is 19.3. The van der Waals surface area contributed by atoms with Crippen molar-refractivity contribution in [3.63, 3.8) is 0 Å². The van der Waals surface area contributed by atoms with Crippen molar-refractivity contribution >= 4 is 11.8 Å². The lowest BCUT2D eigenvalue weighted by Gasteiger charge is -2.39. The predicted molar refractivity (Wildman–Crippen MR) is 97.1 cm³/mol. The molecule has 26 heavy (non-hydrogen) atoms. The van der Waals surface area contributed by atoms with Gasteiger partial charge in [-0.15, -0.1) is 0 Å². The fourth-order valence-electron chi connectivity index (χ4n) is 3.03. The molecule has 1 fully saturated rings. The number of amides is 2. The van der Waals surface area contributed by atoms with Crippen molar-refractivity contribution in [3.8, 4) is 11.5 Å². The molecule has 0 saturated carbocycles. The van der Waals surface area contributed by atoms with E-state index in [0.717, 1.165) is 0 Å². The molecule has 1 aliphatic rings. The van der Waals surface area contributed by atoms with E-state index < -0.39 is 5.60 Å². The Morgan fingerprint density at radius 1 is 1.23 bits per heavy atom. The molecule has 1 aromatic carbocycles. The van der Waals surface area contributed by atoms with Gasteiger partial charge in [0.05, 0.1) is 26.4 Å². The number of rotatable bonds is 6. The van der Waals surface area contributed by atoms with Crippen LogP contribution in [-0.2, 0) is 15.2 Å². The minimum atomic E-state index is -1.05. The van der Waals surface area contributed by atoms with Crippen molar-refractivity contribution in [1.29, 1.82) is 0 Å². The van der Waals surface area contributed by atoms with Gasteiger partial charge in [-0.1, -0.05) is 6.58 Å². The summed E-state index contributed by atoms with van der Waals surface area (Å²) in [6, 6.07) is 5.32. The Hall–Kier alpha value is -2.54. The van der Waals surface area contributed by atoms with Gasteiger partial charge in [-0.25, -0.2) is 0 Å². The quantitative estimate of drug-likeness (QED) is 0.768. The first-order valence-corrected chi connectivity index (χ1v) is 8.44. The molecule has 0 spiro atoms. The second kappa shape index (κ2) is 8.23. The number of carbonyl (C=O) groups is 2. The van der Waals surface area contributed by atoms with E-state index in [1.54, 1.807) is 44.4 Å². The number of benzene rings is 1. The average molecular weight is 362 g/mol. The molecule has 1 N–H and O–H groups in total. The van der Waals surface area contributed by atoms with Crippen LogP contribution in [0.1, 0.15) is 18.4 Å². The van der Waals surface area contributed by atoms with Crippen molar-refractivity contribution in [2.24, 2.45) is 0 Å². The van der Waals surface area contributed by atoms with Crippen LogP contribution in [0.3, 0.4) is 0 Å². The molecular weight excluding hydrogens is 336 g/mol.